The van der Waals surface area contributed by atoms with Crippen molar-refractivity contribution in [3.8, 4) is 61.6 Å². The Hall–Kier alpha value is -7.81. The molecule has 2 heteroatoms. The fourth-order valence-corrected chi connectivity index (χ4v) is 9.19. The van der Waals surface area contributed by atoms with Crippen LogP contribution in [0.2, 0.25) is 0 Å². The van der Waals surface area contributed by atoms with Gasteiger partial charge in [0.05, 0.1) is 17.0 Å². The quantitative estimate of drug-likeness (QED) is 0.161. The summed E-state index contributed by atoms with van der Waals surface area (Å²) in [4.78, 5) is 5.91. The number of pyridine rings is 1. The van der Waals surface area contributed by atoms with Crippen LogP contribution in [0.25, 0.3) is 88.8 Å². The van der Waals surface area contributed by atoms with Gasteiger partial charge >= 0.3 is 0 Å². The second-order valence-corrected chi connectivity index (χ2v) is 15.4. The van der Waals surface area contributed by atoms with Gasteiger partial charge in [0.1, 0.15) is 11.5 Å². The number of benzene rings is 9. The molecule has 10 aromatic rings. The molecule has 0 N–H and O–H groups in total. The lowest BCUT2D eigenvalue weighted by molar-refractivity contribution is 0.521. The van der Waals surface area contributed by atoms with Gasteiger partial charge in [-0.2, -0.15) is 0 Å². The molecule has 0 saturated heterocycles. The fourth-order valence-electron chi connectivity index (χ4n) is 9.19. The minimum atomic E-state index is 0.810. The first-order chi connectivity index (χ1) is 29.7. The molecule has 2 heterocycles. The molecule has 0 unspecified atom stereocenters. The number of aryl methyl sites for hydroxylation is 1. The van der Waals surface area contributed by atoms with E-state index in [1.807, 2.05) is 0 Å². The lowest BCUT2D eigenvalue weighted by atomic mass is 9.78. The molecule has 0 aliphatic carbocycles. The summed E-state index contributed by atoms with van der Waals surface area (Å²) < 4.78 is 7.70. The first kappa shape index (κ1) is 35.4. The molecule has 9 aromatic carbocycles. The summed E-state index contributed by atoms with van der Waals surface area (Å²) in [6, 6.07) is 77.6. The highest BCUT2D eigenvalue weighted by Gasteiger charge is 2.34. The number of ether oxygens (including phenoxy) is 1. The SMILES string of the molecule is Cc1ccc2c(-c3ccccc3)c(-c3ccccc3)c(-c3nc(-c4ccccc4)c(-c4ccccc4)c4ccccc34)c3c2c1C(c1ccccc1)=C(c1ccccc1)O3. The molecule has 0 amide bonds. The van der Waals surface area contributed by atoms with Gasteiger partial charge in [-0.15, -0.1) is 0 Å². The van der Waals surface area contributed by atoms with Crippen molar-refractivity contribution in [3.63, 3.8) is 0 Å². The Morgan fingerprint density at radius 1 is 0.317 bits per heavy atom. The summed E-state index contributed by atoms with van der Waals surface area (Å²) >= 11 is 0. The zero-order valence-electron chi connectivity index (χ0n) is 33.1. The van der Waals surface area contributed by atoms with Gasteiger partial charge < -0.3 is 4.74 Å². The van der Waals surface area contributed by atoms with Gasteiger partial charge in [-0.25, -0.2) is 4.98 Å². The first-order valence-corrected chi connectivity index (χ1v) is 20.6. The van der Waals surface area contributed by atoms with Crippen LogP contribution in [0.1, 0.15) is 22.3 Å². The number of nitrogens with zero attached hydrogens (tertiary/aromatic N) is 1. The van der Waals surface area contributed by atoms with E-state index in [9.17, 15) is 0 Å². The largest absolute Gasteiger partial charge is 0.455 e. The van der Waals surface area contributed by atoms with Gasteiger partial charge in [-0.3, -0.25) is 0 Å². The maximum Gasteiger partial charge on any atom is 0.146 e. The van der Waals surface area contributed by atoms with Crippen molar-refractivity contribution in [1.82, 2.24) is 4.98 Å². The third-order valence-corrected chi connectivity index (χ3v) is 11.8. The standard InChI is InChI=1S/C58H39NO/c1-38-36-37-47-49(39-22-8-2-9-23-39)51(41-26-12-4-13-27-41)54(58-53(47)48(38)52(42-28-14-5-15-29-42)57(60-58)44-32-18-7-19-33-44)56-46-35-21-20-34-45(46)50(40-24-10-3-11-25-40)55(59-56)43-30-16-6-17-31-43/h2-37H,1H3. The molecule has 282 valence electrons. The number of rotatable bonds is 7. The first-order valence-electron chi connectivity index (χ1n) is 20.6. The molecule has 1 aliphatic rings. The molecular weight excluding hydrogens is 727 g/mol. The van der Waals surface area contributed by atoms with E-state index in [0.717, 1.165) is 106 Å². The second-order valence-electron chi connectivity index (χ2n) is 15.4. The summed E-state index contributed by atoms with van der Waals surface area (Å²) in [7, 11) is 0. The lowest BCUT2D eigenvalue weighted by Gasteiger charge is -2.31. The maximum atomic E-state index is 7.70. The van der Waals surface area contributed by atoms with Gasteiger partial charge in [-0.1, -0.05) is 218 Å². The van der Waals surface area contributed by atoms with Gasteiger partial charge in [0, 0.05) is 44.2 Å². The van der Waals surface area contributed by atoms with Crippen molar-refractivity contribution in [2.45, 2.75) is 6.92 Å². The van der Waals surface area contributed by atoms with Crippen LogP contribution in [0.5, 0.6) is 5.75 Å². The Morgan fingerprint density at radius 3 is 1.33 bits per heavy atom. The molecule has 0 fully saturated rings. The fraction of sp³-hybridized carbons (Fsp3) is 0.0172. The molecule has 0 spiro atoms. The number of hydrogen-bond donors (Lipinski definition) is 0. The molecular formula is C58H39NO. The molecule has 11 rings (SSSR count). The zero-order chi connectivity index (χ0) is 40.0. The average Bonchev–Trinajstić information content (AvgIpc) is 3.33. The minimum absolute atomic E-state index is 0.810. The normalized spacial score (nSPS) is 12.2. The third kappa shape index (κ3) is 5.84. The van der Waals surface area contributed by atoms with Crippen molar-refractivity contribution in [2.24, 2.45) is 0 Å². The van der Waals surface area contributed by atoms with Crippen LogP contribution in [0, 0.1) is 6.92 Å². The van der Waals surface area contributed by atoms with E-state index in [1.54, 1.807) is 0 Å². The van der Waals surface area contributed by atoms with Crippen LogP contribution in [-0.4, -0.2) is 4.98 Å². The number of hydrogen-bond acceptors (Lipinski definition) is 2. The second kappa shape index (κ2) is 14.8. The van der Waals surface area contributed by atoms with Crippen LogP contribution < -0.4 is 4.74 Å². The highest BCUT2D eigenvalue weighted by molar-refractivity contribution is 6.22. The van der Waals surface area contributed by atoms with Crippen molar-refractivity contribution in [3.05, 3.63) is 241 Å². The van der Waals surface area contributed by atoms with Crippen LogP contribution in [0.3, 0.4) is 0 Å². The summed E-state index contributed by atoms with van der Waals surface area (Å²) in [5.74, 6) is 1.64. The smallest absolute Gasteiger partial charge is 0.146 e. The van der Waals surface area contributed by atoms with Crippen LogP contribution in [-0.2, 0) is 0 Å². The van der Waals surface area contributed by atoms with Crippen LogP contribution in [0.15, 0.2) is 218 Å². The van der Waals surface area contributed by atoms with Gasteiger partial charge in [0.2, 0.25) is 0 Å². The van der Waals surface area contributed by atoms with E-state index < -0.39 is 0 Å². The van der Waals surface area contributed by atoms with E-state index >= 15 is 0 Å². The molecule has 0 bridgehead atoms. The van der Waals surface area contributed by atoms with Crippen molar-refractivity contribution < 1.29 is 4.74 Å². The third-order valence-electron chi connectivity index (χ3n) is 11.8. The van der Waals surface area contributed by atoms with Crippen LogP contribution >= 0.6 is 0 Å². The molecule has 1 aromatic heterocycles. The molecule has 0 radical (unpaired) electrons. The Bertz CT molecular complexity index is 3230. The molecule has 2 nitrogen and oxygen atoms in total. The van der Waals surface area contributed by atoms with Gasteiger partial charge in [0.25, 0.3) is 0 Å². The molecule has 1 aliphatic heterocycles. The Kier molecular flexibility index (Phi) is 8.75. The van der Waals surface area contributed by atoms with Gasteiger partial charge in [0.15, 0.2) is 0 Å². The van der Waals surface area contributed by atoms with E-state index in [1.165, 1.54) is 11.1 Å². The Balaban J connectivity index is 1.39. The van der Waals surface area contributed by atoms with E-state index in [4.69, 9.17) is 9.72 Å². The summed E-state index contributed by atoms with van der Waals surface area (Å²) in [6.07, 6.45) is 0. The maximum absolute atomic E-state index is 7.70. The Labute approximate surface area is 350 Å². The van der Waals surface area contributed by atoms with E-state index in [2.05, 4.69) is 225 Å². The lowest BCUT2D eigenvalue weighted by Crippen LogP contribution is -2.11. The molecule has 0 atom stereocenters. The summed E-state index contributed by atoms with van der Waals surface area (Å²) in [6.45, 7) is 2.23. The van der Waals surface area contributed by atoms with Crippen molar-refractivity contribution >= 4 is 32.9 Å². The van der Waals surface area contributed by atoms with Crippen molar-refractivity contribution in [1.29, 1.82) is 0 Å². The minimum Gasteiger partial charge on any atom is -0.455 e. The molecule has 60 heavy (non-hydrogen) atoms. The van der Waals surface area contributed by atoms with E-state index in [-0.39, 0.29) is 0 Å². The predicted octanol–water partition coefficient (Wildman–Crippen LogP) is 15.3. The predicted molar refractivity (Wildman–Crippen MR) is 251 cm³/mol. The van der Waals surface area contributed by atoms with Crippen LogP contribution in [0.4, 0.5) is 0 Å². The number of fused-ring (bicyclic) bond motifs is 1. The average molecular weight is 766 g/mol. The Morgan fingerprint density at radius 2 is 0.767 bits per heavy atom. The van der Waals surface area contributed by atoms with Crippen molar-refractivity contribution in [2.75, 3.05) is 0 Å². The highest BCUT2D eigenvalue weighted by atomic mass is 16.5. The summed E-state index contributed by atoms with van der Waals surface area (Å²) in [5, 5.41) is 4.40. The zero-order valence-corrected chi connectivity index (χ0v) is 33.1. The monoisotopic (exact) mass is 765 g/mol. The summed E-state index contributed by atoms with van der Waals surface area (Å²) in [5.41, 5.74) is 16.0. The molecule has 0 saturated carbocycles. The topological polar surface area (TPSA) is 22.1 Å². The van der Waals surface area contributed by atoms with Gasteiger partial charge in [-0.05, 0) is 51.1 Å². The highest BCUT2D eigenvalue weighted by Crippen LogP contribution is 2.58. The number of aromatic nitrogens is 1. The van der Waals surface area contributed by atoms with E-state index in [0.29, 0.717) is 0 Å².